The van der Waals surface area contributed by atoms with Gasteiger partial charge in [0.1, 0.15) is 0 Å². The Bertz CT molecular complexity index is 755. The van der Waals surface area contributed by atoms with Gasteiger partial charge in [0.15, 0.2) is 11.5 Å². The maximum absolute atomic E-state index is 12.3. The van der Waals surface area contributed by atoms with Gasteiger partial charge in [0.2, 0.25) is 5.91 Å². The van der Waals surface area contributed by atoms with Crippen LogP contribution in [-0.2, 0) is 11.3 Å². The van der Waals surface area contributed by atoms with E-state index in [0.717, 1.165) is 10.5 Å². The van der Waals surface area contributed by atoms with Gasteiger partial charge >= 0.3 is 0 Å². The Morgan fingerprint density at radius 2 is 1.84 bits per heavy atom. The number of methoxy groups -OCH3 is 2. The van der Waals surface area contributed by atoms with E-state index in [1.54, 1.807) is 32.4 Å². The highest BCUT2D eigenvalue weighted by Gasteiger charge is 2.16. The predicted octanol–water partition coefficient (Wildman–Crippen LogP) is 4.81. The van der Waals surface area contributed by atoms with E-state index in [9.17, 15) is 4.79 Å². The maximum atomic E-state index is 12.3. The van der Waals surface area contributed by atoms with Crippen molar-refractivity contribution in [3.63, 3.8) is 0 Å². The smallest absolute Gasteiger partial charge is 0.233 e. The zero-order valence-corrected chi connectivity index (χ0v) is 16.5. The van der Waals surface area contributed by atoms with Crippen molar-refractivity contribution in [2.45, 2.75) is 23.6 Å². The fraction of sp³-hybridized carbons (Fsp3) is 0.278. The number of halogens is 2. The highest BCUT2D eigenvalue weighted by atomic mass is 35.5. The van der Waals surface area contributed by atoms with Gasteiger partial charge in [-0.3, -0.25) is 4.79 Å². The first kappa shape index (κ1) is 19.8. The van der Waals surface area contributed by atoms with Crippen LogP contribution in [0.4, 0.5) is 0 Å². The quantitative estimate of drug-likeness (QED) is 0.678. The van der Waals surface area contributed by atoms with Gasteiger partial charge < -0.3 is 14.8 Å². The van der Waals surface area contributed by atoms with E-state index >= 15 is 0 Å². The summed E-state index contributed by atoms with van der Waals surface area (Å²) in [7, 11) is 3.17. The van der Waals surface area contributed by atoms with Crippen molar-refractivity contribution >= 4 is 40.9 Å². The highest BCUT2D eigenvalue weighted by molar-refractivity contribution is 8.00. The third-order valence-electron chi connectivity index (χ3n) is 3.51. The Morgan fingerprint density at radius 3 is 2.48 bits per heavy atom. The van der Waals surface area contributed by atoms with Crippen molar-refractivity contribution in [1.82, 2.24) is 5.32 Å². The Hall–Kier alpha value is -1.56. The average Bonchev–Trinajstić information content (AvgIpc) is 2.60. The van der Waals surface area contributed by atoms with Gasteiger partial charge in [0, 0.05) is 21.5 Å². The summed E-state index contributed by atoms with van der Waals surface area (Å²) in [6.07, 6.45) is 0. The Balaban J connectivity index is 1.96. The van der Waals surface area contributed by atoms with Gasteiger partial charge in [0.25, 0.3) is 0 Å². The summed E-state index contributed by atoms with van der Waals surface area (Å²) < 4.78 is 10.5. The first-order valence-electron chi connectivity index (χ1n) is 7.55. The lowest BCUT2D eigenvalue weighted by Crippen LogP contribution is -2.30. The van der Waals surface area contributed by atoms with Crippen LogP contribution in [0.3, 0.4) is 0 Å². The molecule has 25 heavy (non-hydrogen) atoms. The van der Waals surface area contributed by atoms with E-state index in [4.69, 9.17) is 32.7 Å². The molecular weight excluding hydrogens is 381 g/mol. The Kier molecular flexibility index (Phi) is 7.29. The second-order valence-electron chi connectivity index (χ2n) is 5.23. The third-order valence-corrected chi connectivity index (χ3v) is 5.19. The van der Waals surface area contributed by atoms with Gasteiger partial charge in [-0.25, -0.2) is 0 Å². The van der Waals surface area contributed by atoms with E-state index in [0.29, 0.717) is 28.1 Å². The molecule has 0 saturated heterocycles. The summed E-state index contributed by atoms with van der Waals surface area (Å²) in [5.74, 6) is 1.21. The van der Waals surface area contributed by atoms with E-state index in [2.05, 4.69) is 5.32 Å². The molecule has 2 aromatic rings. The van der Waals surface area contributed by atoms with Crippen molar-refractivity contribution in [1.29, 1.82) is 0 Å². The molecule has 0 aromatic heterocycles. The second kappa shape index (κ2) is 9.22. The molecule has 0 radical (unpaired) electrons. The Morgan fingerprint density at radius 1 is 1.12 bits per heavy atom. The number of rotatable bonds is 7. The lowest BCUT2D eigenvalue weighted by atomic mass is 10.2. The molecule has 1 atom stereocenters. The van der Waals surface area contributed by atoms with Crippen LogP contribution < -0.4 is 14.8 Å². The predicted molar refractivity (Wildman–Crippen MR) is 103 cm³/mol. The molecule has 1 amide bonds. The number of ether oxygens (including phenoxy) is 2. The van der Waals surface area contributed by atoms with Crippen LogP contribution in [0.2, 0.25) is 10.0 Å². The molecule has 0 bridgehead atoms. The molecule has 2 aromatic carbocycles. The molecule has 1 N–H and O–H groups in total. The Labute approximate surface area is 161 Å². The number of carbonyl (C=O) groups is 1. The number of benzene rings is 2. The molecule has 0 fully saturated rings. The van der Waals surface area contributed by atoms with Gasteiger partial charge in [-0.1, -0.05) is 29.3 Å². The molecule has 0 spiro atoms. The highest BCUT2D eigenvalue weighted by Crippen LogP contribution is 2.33. The number of carbonyl (C=O) groups excluding carboxylic acids is 1. The largest absolute Gasteiger partial charge is 0.493 e. The molecule has 0 unspecified atom stereocenters. The minimum Gasteiger partial charge on any atom is -0.493 e. The van der Waals surface area contributed by atoms with Crippen molar-refractivity contribution in [2.24, 2.45) is 0 Å². The number of hydrogen-bond donors (Lipinski definition) is 1. The number of nitrogens with one attached hydrogen (secondary N) is 1. The molecule has 0 aliphatic heterocycles. The van der Waals surface area contributed by atoms with Crippen molar-refractivity contribution in [3.8, 4) is 11.5 Å². The summed E-state index contributed by atoms with van der Waals surface area (Å²) >= 11 is 13.4. The van der Waals surface area contributed by atoms with Crippen LogP contribution in [0.1, 0.15) is 12.5 Å². The first-order chi connectivity index (χ1) is 11.9. The average molecular weight is 400 g/mol. The topological polar surface area (TPSA) is 47.6 Å². The molecule has 7 heteroatoms. The van der Waals surface area contributed by atoms with Crippen LogP contribution in [0.25, 0.3) is 0 Å². The SMILES string of the molecule is COc1ccc(S[C@@H](C)C(=O)NCc2ccc(Cl)cc2Cl)cc1OC. The standard InChI is InChI=1S/C18H19Cl2NO3S/c1-11(25-14-6-7-16(23-2)17(9-14)24-3)18(22)21-10-12-4-5-13(19)8-15(12)20/h4-9,11H,10H2,1-3H3,(H,21,22)/t11-/m0/s1. The van der Waals surface area contributed by atoms with Crippen molar-refractivity contribution in [2.75, 3.05) is 14.2 Å². The van der Waals surface area contributed by atoms with Gasteiger partial charge in [-0.2, -0.15) is 0 Å². The molecule has 0 heterocycles. The van der Waals surface area contributed by atoms with E-state index in [-0.39, 0.29) is 11.2 Å². The monoisotopic (exact) mass is 399 g/mol. The van der Waals surface area contributed by atoms with E-state index in [1.165, 1.54) is 11.8 Å². The van der Waals surface area contributed by atoms with E-state index < -0.39 is 0 Å². The van der Waals surface area contributed by atoms with Crippen LogP contribution >= 0.6 is 35.0 Å². The number of amides is 1. The van der Waals surface area contributed by atoms with Crippen LogP contribution in [-0.4, -0.2) is 25.4 Å². The van der Waals surface area contributed by atoms with Crippen LogP contribution in [0, 0.1) is 0 Å². The molecule has 0 aliphatic carbocycles. The molecule has 134 valence electrons. The van der Waals surface area contributed by atoms with Gasteiger partial charge in [-0.15, -0.1) is 11.8 Å². The molecule has 0 aliphatic rings. The van der Waals surface area contributed by atoms with Gasteiger partial charge in [-0.05, 0) is 42.8 Å². The minimum absolute atomic E-state index is 0.0780. The van der Waals surface area contributed by atoms with Crippen molar-refractivity contribution < 1.29 is 14.3 Å². The summed E-state index contributed by atoms with van der Waals surface area (Å²) in [6.45, 7) is 2.20. The van der Waals surface area contributed by atoms with E-state index in [1.807, 2.05) is 25.1 Å². The fourth-order valence-corrected chi connectivity index (χ4v) is 3.53. The second-order valence-corrected chi connectivity index (χ2v) is 7.49. The molecule has 2 rings (SSSR count). The maximum Gasteiger partial charge on any atom is 0.233 e. The zero-order chi connectivity index (χ0) is 18.4. The molecular formula is C18H19Cl2NO3S. The van der Waals surface area contributed by atoms with Crippen LogP contribution in [0.15, 0.2) is 41.3 Å². The summed E-state index contributed by atoms with van der Waals surface area (Å²) in [6, 6.07) is 10.8. The summed E-state index contributed by atoms with van der Waals surface area (Å²) in [5.41, 5.74) is 0.822. The summed E-state index contributed by atoms with van der Waals surface area (Å²) in [4.78, 5) is 13.2. The van der Waals surface area contributed by atoms with Crippen LogP contribution in [0.5, 0.6) is 11.5 Å². The zero-order valence-electron chi connectivity index (χ0n) is 14.1. The van der Waals surface area contributed by atoms with Gasteiger partial charge in [0.05, 0.1) is 19.5 Å². The minimum atomic E-state index is -0.274. The first-order valence-corrected chi connectivity index (χ1v) is 9.18. The number of thioether (sulfide) groups is 1. The normalized spacial score (nSPS) is 11.7. The lowest BCUT2D eigenvalue weighted by Gasteiger charge is -2.14. The molecule has 4 nitrogen and oxygen atoms in total. The lowest BCUT2D eigenvalue weighted by molar-refractivity contribution is -0.120. The third kappa shape index (κ3) is 5.46. The van der Waals surface area contributed by atoms with Crippen molar-refractivity contribution in [3.05, 3.63) is 52.0 Å². The molecule has 0 saturated carbocycles. The number of hydrogen-bond acceptors (Lipinski definition) is 4. The fourth-order valence-electron chi connectivity index (χ4n) is 2.14. The summed E-state index contributed by atoms with van der Waals surface area (Å²) in [5, 5.41) is 3.72.